The zero-order valence-corrected chi connectivity index (χ0v) is 19.5. The number of allylic oxidation sites excluding steroid dienone is 2. The molecule has 1 aromatic heterocycles. The van der Waals surface area contributed by atoms with E-state index in [0.717, 1.165) is 22.4 Å². The number of nitrogens with one attached hydrogen (secondary N) is 1. The molecule has 2 atom stereocenters. The van der Waals surface area contributed by atoms with Gasteiger partial charge in [-0.3, -0.25) is 4.79 Å². The molecule has 0 fully saturated rings. The molecule has 0 bridgehead atoms. The molecule has 176 valence electrons. The maximum atomic E-state index is 13.7. The van der Waals surface area contributed by atoms with Gasteiger partial charge in [-0.15, -0.1) is 0 Å². The van der Waals surface area contributed by atoms with E-state index in [9.17, 15) is 9.90 Å². The minimum Gasteiger partial charge on any atom is -0.508 e. The lowest BCUT2D eigenvalue weighted by Crippen LogP contribution is -2.29. The van der Waals surface area contributed by atoms with Gasteiger partial charge in [-0.25, -0.2) is 0 Å². The van der Waals surface area contributed by atoms with E-state index in [0.29, 0.717) is 47.2 Å². The summed E-state index contributed by atoms with van der Waals surface area (Å²) in [7, 11) is 4.69. The number of anilines is 1. The van der Waals surface area contributed by atoms with Gasteiger partial charge in [0.1, 0.15) is 5.75 Å². The molecule has 2 N–H and O–H groups in total. The van der Waals surface area contributed by atoms with Crippen molar-refractivity contribution in [1.82, 2.24) is 5.16 Å². The number of carbonyl (C=O) groups is 1. The molecule has 2 aliphatic rings. The molecule has 3 aromatic rings. The van der Waals surface area contributed by atoms with Crippen molar-refractivity contribution in [3.63, 3.8) is 0 Å². The van der Waals surface area contributed by atoms with Crippen molar-refractivity contribution in [3.05, 3.63) is 70.1 Å². The first-order valence-electron chi connectivity index (χ1n) is 11.0. The average molecular weight is 463 g/mol. The van der Waals surface area contributed by atoms with Crippen molar-refractivity contribution >= 4 is 11.7 Å². The Bertz CT molecular complexity index is 1270. The number of benzene rings is 2. The zero-order chi connectivity index (χ0) is 24.0. The largest absolute Gasteiger partial charge is 0.508 e. The number of fused-ring (bicyclic) bond motifs is 1. The van der Waals surface area contributed by atoms with Crippen molar-refractivity contribution in [3.8, 4) is 23.0 Å². The van der Waals surface area contributed by atoms with Gasteiger partial charge in [0.15, 0.2) is 17.3 Å². The van der Waals surface area contributed by atoms with Crippen LogP contribution in [0.2, 0.25) is 0 Å². The normalized spacial score (nSPS) is 19.2. The SMILES string of the molecule is COc1cc([C@@H]2C3=C(C[C@@H](c4ccc(O)cc4)CC3=O)Nc3onc(C)c32)cc(OC)c1OC. The number of ketones is 1. The van der Waals surface area contributed by atoms with Gasteiger partial charge in [0.25, 0.3) is 0 Å². The Labute approximate surface area is 197 Å². The number of Topliss-reactive ketones (excluding diaryl/α,β-unsaturated/α-hetero) is 1. The number of phenols is 1. The number of hydrogen-bond acceptors (Lipinski definition) is 8. The minimum absolute atomic E-state index is 0.00879. The average Bonchev–Trinajstić information content (AvgIpc) is 3.22. The van der Waals surface area contributed by atoms with Crippen LogP contribution >= 0.6 is 0 Å². The van der Waals surface area contributed by atoms with Crippen LogP contribution < -0.4 is 19.5 Å². The predicted molar refractivity (Wildman–Crippen MR) is 125 cm³/mol. The third-order valence-electron chi connectivity index (χ3n) is 6.64. The predicted octanol–water partition coefficient (Wildman–Crippen LogP) is 4.67. The Morgan fingerprint density at radius 3 is 2.29 bits per heavy atom. The van der Waals surface area contributed by atoms with Crippen molar-refractivity contribution in [2.45, 2.75) is 31.6 Å². The van der Waals surface area contributed by atoms with Gasteiger partial charge >= 0.3 is 0 Å². The van der Waals surface area contributed by atoms with Crippen LogP contribution in [0.5, 0.6) is 23.0 Å². The van der Waals surface area contributed by atoms with Crippen molar-refractivity contribution in [2.24, 2.45) is 0 Å². The second-order valence-corrected chi connectivity index (χ2v) is 8.54. The highest BCUT2D eigenvalue weighted by molar-refractivity contribution is 6.01. The molecule has 8 heteroatoms. The number of aromatic nitrogens is 1. The maximum absolute atomic E-state index is 13.7. The molecular formula is C26H26N2O6. The van der Waals surface area contributed by atoms with Crippen LogP contribution in [0.3, 0.4) is 0 Å². The summed E-state index contributed by atoms with van der Waals surface area (Å²) in [6, 6.07) is 10.8. The smallest absolute Gasteiger partial charge is 0.233 e. The number of methoxy groups -OCH3 is 3. The van der Waals surface area contributed by atoms with Crippen molar-refractivity contribution in [1.29, 1.82) is 0 Å². The summed E-state index contributed by atoms with van der Waals surface area (Å²) in [5.41, 5.74) is 4.88. The molecule has 2 heterocycles. The highest BCUT2D eigenvalue weighted by Crippen LogP contribution is 2.51. The second-order valence-electron chi connectivity index (χ2n) is 8.54. The Kier molecular flexibility index (Phi) is 5.43. The summed E-state index contributed by atoms with van der Waals surface area (Å²) >= 11 is 0. The summed E-state index contributed by atoms with van der Waals surface area (Å²) in [5.74, 6) is 1.90. The van der Waals surface area contributed by atoms with Gasteiger partial charge in [-0.05, 0) is 54.7 Å². The number of carbonyl (C=O) groups excluding carboxylic acids is 1. The van der Waals surface area contributed by atoms with E-state index in [1.54, 1.807) is 33.5 Å². The quantitative estimate of drug-likeness (QED) is 0.564. The second kappa shape index (κ2) is 8.44. The molecule has 0 radical (unpaired) electrons. The fourth-order valence-electron chi connectivity index (χ4n) is 5.06. The van der Waals surface area contributed by atoms with Crippen LogP contribution in [0.25, 0.3) is 0 Å². The van der Waals surface area contributed by atoms with Crippen LogP contribution in [-0.2, 0) is 4.79 Å². The van der Waals surface area contributed by atoms with Gasteiger partial charge in [-0.1, -0.05) is 17.3 Å². The molecule has 34 heavy (non-hydrogen) atoms. The highest BCUT2D eigenvalue weighted by atomic mass is 16.5. The monoisotopic (exact) mass is 462 g/mol. The molecule has 2 aromatic carbocycles. The summed E-state index contributed by atoms with van der Waals surface area (Å²) in [6.07, 6.45) is 0.998. The Morgan fingerprint density at radius 2 is 1.68 bits per heavy atom. The van der Waals surface area contributed by atoms with Crippen LogP contribution in [-0.4, -0.2) is 37.4 Å². The first kappa shape index (κ1) is 21.9. The molecule has 0 saturated carbocycles. The summed E-state index contributed by atoms with van der Waals surface area (Å²) in [5, 5.41) is 17.2. The molecule has 5 rings (SSSR count). The molecular weight excluding hydrogens is 436 g/mol. The fourth-order valence-corrected chi connectivity index (χ4v) is 5.06. The number of aromatic hydroxyl groups is 1. The third kappa shape index (κ3) is 3.46. The van der Waals surface area contributed by atoms with Gasteiger partial charge in [-0.2, -0.15) is 0 Å². The van der Waals surface area contributed by atoms with E-state index in [4.69, 9.17) is 18.7 Å². The topological polar surface area (TPSA) is 103 Å². The first-order chi connectivity index (χ1) is 16.4. The van der Waals surface area contributed by atoms with Crippen molar-refractivity contribution in [2.75, 3.05) is 26.6 Å². The molecule has 1 aliphatic carbocycles. The molecule has 0 unspecified atom stereocenters. The Morgan fingerprint density at radius 1 is 1.00 bits per heavy atom. The lowest BCUT2D eigenvalue weighted by atomic mass is 9.72. The number of rotatable bonds is 5. The summed E-state index contributed by atoms with van der Waals surface area (Å²) < 4.78 is 22.3. The van der Waals surface area contributed by atoms with Crippen LogP contribution in [0.15, 0.2) is 52.2 Å². The lowest BCUT2D eigenvalue weighted by molar-refractivity contribution is -0.116. The zero-order valence-electron chi connectivity index (χ0n) is 19.5. The molecule has 0 amide bonds. The van der Waals surface area contributed by atoms with E-state index >= 15 is 0 Å². The summed E-state index contributed by atoms with van der Waals surface area (Å²) in [4.78, 5) is 13.7. The van der Waals surface area contributed by atoms with Crippen LogP contribution in [0.4, 0.5) is 5.88 Å². The molecule has 1 aliphatic heterocycles. The molecule has 8 nitrogen and oxygen atoms in total. The van der Waals surface area contributed by atoms with E-state index in [2.05, 4.69) is 10.5 Å². The molecule has 0 spiro atoms. The number of phenolic OH excluding ortho intramolecular Hbond substituents is 1. The number of aryl methyl sites for hydroxylation is 1. The van der Waals surface area contributed by atoms with Gasteiger partial charge in [0, 0.05) is 23.6 Å². The first-order valence-corrected chi connectivity index (χ1v) is 11.0. The number of hydrogen-bond donors (Lipinski definition) is 2. The molecule has 0 saturated heterocycles. The van der Waals surface area contributed by atoms with Crippen molar-refractivity contribution < 1.29 is 28.6 Å². The third-order valence-corrected chi connectivity index (χ3v) is 6.64. The Hall–Kier alpha value is -3.94. The highest BCUT2D eigenvalue weighted by Gasteiger charge is 2.41. The number of nitrogens with zero attached hydrogens (tertiary/aromatic N) is 1. The standard InChI is InChI=1S/C26H26N2O6/c1-13-22-23(16-11-20(31-2)25(33-4)21(12-16)32-3)24-18(27-26(22)34-28-13)9-15(10-19(24)30)14-5-7-17(29)8-6-14/h5-8,11-12,15,23,27,29H,9-10H2,1-4H3/t15-,23+/m1/s1. The summed E-state index contributed by atoms with van der Waals surface area (Å²) in [6.45, 7) is 1.87. The number of ether oxygens (including phenoxy) is 3. The lowest BCUT2D eigenvalue weighted by Gasteiger charge is -2.34. The van der Waals surface area contributed by atoms with E-state index in [-0.39, 0.29) is 23.4 Å². The van der Waals surface area contributed by atoms with Crippen LogP contribution in [0.1, 0.15) is 47.1 Å². The van der Waals surface area contributed by atoms with E-state index in [1.807, 2.05) is 31.2 Å². The van der Waals surface area contributed by atoms with Crippen LogP contribution in [0, 0.1) is 6.92 Å². The van der Waals surface area contributed by atoms with Gasteiger partial charge < -0.3 is 29.2 Å². The minimum atomic E-state index is -0.389. The van der Waals surface area contributed by atoms with E-state index in [1.165, 1.54) is 0 Å². The Balaban J connectivity index is 1.65. The van der Waals surface area contributed by atoms with E-state index < -0.39 is 0 Å². The van der Waals surface area contributed by atoms with Gasteiger partial charge in [0.2, 0.25) is 11.6 Å². The fraction of sp³-hybridized carbons (Fsp3) is 0.308. The van der Waals surface area contributed by atoms with Gasteiger partial charge in [0.05, 0.1) is 32.6 Å². The maximum Gasteiger partial charge on any atom is 0.233 e.